The molecule has 0 bridgehead atoms. The lowest BCUT2D eigenvalue weighted by molar-refractivity contribution is -0.135. The number of nitrogens with one attached hydrogen (secondary N) is 4. The third-order valence-electron chi connectivity index (χ3n) is 11.4. The molecule has 8 rings (SSSR count). The zero-order valence-corrected chi connectivity index (χ0v) is 34.6. The van der Waals surface area contributed by atoms with Crippen LogP contribution in [-0.2, 0) is 19.1 Å². The lowest BCUT2D eigenvalue weighted by atomic mass is 10.0. The SMILES string of the molecule is COC(=O)NC(C(=O)N1CCCC1c1ncc(-c2ccc(C#Cc3ccc(-c4cnc(C5CCCN5C(=O)C(NC(=O)OC)c5ccccc5)[nH]4)c(F)c3)cc2)[nH]1)c1ccccc1. The lowest BCUT2D eigenvalue weighted by Gasteiger charge is -2.28. The van der Waals surface area contributed by atoms with Crippen LogP contribution in [0.3, 0.4) is 0 Å². The molecule has 63 heavy (non-hydrogen) atoms. The van der Waals surface area contributed by atoms with Gasteiger partial charge in [-0.25, -0.2) is 23.9 Å². The van der Waals surface area contributed by atoms with Crippen molar-refractivity contribution in [1.82, 2.24) is 40.4 Å². The van der Waals surface area contributed by atoms with Crippen molar-refractivity contribution < 1.29 is 33.0 Å². The third-order valence-corrected chi connectivity index (χ3v) is 11.4. The number of alkyl carbamates (subject to hydrolysis) is 2. The van der Waals surface area contributed by atoms with E-state index in [0.29, 0.717) is 65.5 Å². The van der Waals surface area contributed by atoms with Crippen molar-refractivity contribution in [3.05, 3.63) is 155 Å². The molecule has 2 aliphatic heterocycles. The number of carbonyl (C=O) groups excluding carboxylic acids is 4. The Hall–Kier alpha value is -7.73. The molecule has 2 aromatic heterocycles. The summed E-state index contributed by atoms with van der Waals surface area (Å²) < 4.78 is 25.2. The highest BCUT2D eigenvalue weighted by Gasteiger charge is 2.38. The van der Waals surface area contributed by atoms with Crippen LogP contribution in [0.4, 0.5) is 14.0 Å². The summed E-state index contributed by atoms with van der Waals surface area (Å²) in [4.78, 5) is 71.4. The van der Waals surface area contributed by atoms with Gasteiger partial charge in [-0.2, -0.15) is 0 Å². The molecule has 14 nitrogen and oxygen atoms in total. The van der Waals surface area contributed by atoms with E-state index in [9.17, 15) is 19.2 Å². The maximum Gasteiger partial charge on any atom is 0.407 e. The molecule has 2 fully saturated rings. The molecule has 4 N–H and O–H groups in total. The van der Waals surface area contributed by atoms with Crippen LogP contribution in [-0.4, -0.2) is 81.0 Å². The van der Waals surface area contributed by atoms with Crippen LogP contribution in [0.15, 0.2) is 116 Å². The fourth-order valence-electron chi connectivity index (χ4n) is 8.17. The maximum atomic E-state index is 15.6. The van der Waals surface area contributed by atoms with Crippen molar-refractivity contribution >= 4 is 24.0 Å². The Labute approximate surface area is 363 Å². The number of nitrogens with zero attached hydrogens (tertiary/aromatic N) is 4. The first kappa shape index (κ1) is 42.0. The van der Waals surface area contributed by atoms with E-state index in [0.717, 1.165) is 29.7 Å². The van der Waals surface area contributed by atoms with Gasteiger partial charge in [0.1, 0.15) is 29.5 Å². The standard InChI is InChI=1S/C48H45FN8O6/c1-62-47(60)54-41(33-11-5-3-6-12-33)45(58)56-25-9-15-39(56)43-50-28-37(52-43)32-22-19-30(20-23-32)17-18-31-21-24-35(36(49)27-31)38-29-51-44(53-38)40-16-10-26-57(40)46(59)42(55-48(61)63-2)34-13-7-4-8-14-34/h3-8,11-14,19-24,27-29,39-42H,9-10,15-16,25-26H2,1-2H3,(H,50,52)(H,51,53)(H,54,60)(H,55,61). The summed E-state index contributed by atoms with van der Waals surface area (Å²) in [6, 6.07) is 27.8. The molecular weight excluding hydrogens is 804 g/mol. The molecule has 4 atom stereocenters. The van der Waals surface area contributed by atoms with Gasteiger partial charge in [-0.3, -0.25) is 9.59 Å². The minimum absolute atomic E-state index is 0.244. The Kier molecular flexibility index (Phi) is 12.6. The van der Waals surface area contributed by atoms with Crippen LogP contribution in [0.1, 0.15) is 83.8 Å². The number of halogens is 1. The second-order valence-electron chi connectivity index (χ2n) is 15.2. The van der Waals surface area contributed by atoms with Gasteiger partial charge in [0.25, 0.3) is 11.8 Å². The second kappa shape index (κ2) is 18.9. The van der Waals surface area contributed by atoms with E-state index in [1.807, 2.05) is 48.5 Å². The van der Waals surface area contributed by atoms with Crippen molar-refractivity contribution in [2.75, 3.05) is 27.3 Å². The number of methoxy groups -OCH3 is 2. The predicted molar refractivity (Wildman–Crippen MR) is 231 cm³/mol. The number of amides is 4. The quantitative estimate of drug-likeness (QED) is 0.102. The van der Waals surface area contributed by atoms with Gasteiger partial charge in [-0.1, -0.05) is 84.6 Å². The third kappa shape index (κ3) is 9.30. The molecule has 320 valence electrons. The summed E-state index contributed by atoms with van der Waals surface area (Å²) in [6.45, 7) is 0.994. The highest BCUT2D eigenvalue weighted by atomic mass is 19.1. The molecule has 2 saturated heterocycles. The highest BCUT2D eigenvalue weighted by molar-refractivity contribution is 5.88. The molecule has 15 heteroatoms. The molecule has 2 aliphatic rings. The average molecular weight is 849 g/mol. The molecule has 6 aromatic rings. The van der Waals surface area contributed by atoms with E-state index in [2.05, 4.69) is 42.4 Å². The second-order valence-corrected chi connectivity index (χ2v) is 15.2. The number of aromatic nitrogens is 4. The minimum atomic E-state index is -0.949. The van der Waals surface area contributed by atoms with Gasteiger partial charge in [0.2, 0.25) is 0 Å². The fraction of sp³-hybridized carbons (Fsp3) is 0.250. The molecule has 0 saturated carbocycles. The van der Waals surface area contributed by atoms with Crippen molar-refractivity contribution in [2.45, 2.75) is 49.9 Å². The van der Waals surface area contributed by atoms with Gasteiger partial charge in [0.05, 0.1) is 50.1 Å². The van der Waals surface area contributed by atoms with Gasteiger partial charge in [-0.05, 0) is 72.7 Å². The number of hydrogen-bond acceptors (Lipinski definition) is 8. The number of rotatable bonds is 10. The molecule has 4 unspecified atom stereocenters. The van der Waals surface area contributed by atoms with Gasteiger partial charge in [0.15, 0.2) is 0 Å². The fourth-order valence-corrected chi connectivity index (χ4v) is 8.17. The molecule has 4 aromatic carbocycles. The van der Waals surface area contributed by atoms with E-state index in [1.54, 1.807) is 70.7 Å². The number of likely N-dealkylation sites (tertiary alicyclic amines) is 2. The van der Waals surface area contributed by atoms with Gasteiger partial charge >= 0.3 is 12.2 Å². The van der Waals surface area contributed by atoms with Crippen molar-refractivity contribution in [3.63, 3.8) is 0 Å². The summed E-state index contributed by atoms with van der Waals surface area (Å²) in [6.07, 6.45) is 4.77. The average Bonchev–Trinajstić information content (AvgIpc) is 4.17. The monoisotopic (exact) mass is 848 g/mol. The van der Waals surface area contributed by atoms with Crippen molar-refractivity contribution in [2.24, 2.45) is 0 Å². The van der Waals surface area contributed by atoms with E-state index in [-0.39, 0.29) is 17.9 Å². The maximum absolute atomic E-state index is 15.6. The molecule has 4 amide bonds. The van der Waals surface area contributed by atoms with E-state index in [4.69, 9.17) is 9.47 Å². The minimum Gasteiger partial charge on any atom is -0.453 e. The summed E-state index contributed by atoms with van der Waals surface area (Å²) in [7, 11) is 2.51. The Morgan fingerprint density at radius 1 is 0.667 bits per heavy atom. The van der Waals surface area contributed by atoms with Crippen LogP contribution < -0.4 is 10.6 Å². The topological polar surface area (TPSA) is 175 Å². The first-order valence-corrected chi connectivity index (χ1v) is 20.6. The van der Waals surface area contributed by atoms with Crippen LogP contribution in [0.25, 0.3) is 22.5 Å². The smallest absolute Gasteiger partial charge is 0.407 e. The normalized spacial score (nSPS) is 16.7. The Morgan fingerprint density at radius 2 is 1.14 bits per heavy atom. The molecule has 0 aliphatic carbocycles. The van der Waals surface area contributed by atoms with Crippen LogP contribution in [0.5, 0.6) is 0 Å². The summed E-state index contributed by atoms with van der Waals surface area (Å²) in [5, 5.41) is 5.35. The molecule has 0 radical (unpaired) electrons. The Balaban J connectivity index is 0.918. The highest BCUT2D eigenvalue weighted by Crippen LogP contribution is 2.36. The summed E-state index contributed by atoms with van der Waals surface area (Å²) in [5.41, 5.74) is 4.92. The molecule has 0 spiro atoms. The number of hydrogen-bond donors (Lipinski definition) is 4. The van der Waals surface area contributed by atoms with E-state index in [1.165, 1.54) is 20.3 Å². The first-order valence-electron chi connectivity index (χ1n) is 20.6. The lowest BCUT2D eigenvalue weighted by Crippen LogP contribution is -2.42. The van der Waals surface area contributed by atoms with E-state index >= 15 is 4.39 Å². The summed E-state index contributed by atoms with van der Waals surface area (Å²) in [5.74, 6) is 6.32. The number of imidazole rings is 2. The number of H-pyrrole nitrogens is 2. The first-order chi connectivity index (χ1) is 30.7. The van der Waals surface area contributed by atoms with Gasteiger partial charge < -0.3 is 39.9 Å². The summed E-state index contributed by atoms with van der Waals surface area (Å²) >= 11 is 0. The Bertz CT molecular complexity index is 2660. The zero-order chi connectivity index (χ0) is 43.9. The van der Waals surface area contributed by atoms with Crippen LogP contribution >= 0.6 is 0 Å². The van der Waals surface area contributed by atoms with Crippen LogP contribution in [0.2, 0.25) is 0 Å². The Morgan fingerprint density at radius 3 is 1.65 bits per heavy atom. The van der Waals surface area contributed by atoms with Crippen molar-refractivity contribution in [1.29, 1.82) is 0 Å². The van der Waals surface area contributed by atoms with Crippen LogP contribution in [0, 0.1) is 17.7 Å². The number of carbonyl (C=O) groups is 4. The molecular formula is C48H45FN8O6. The largest absolute Gasteiger partial charge is 0.453 e. The zero-order valence-electron chi connectivity index (χ0n) is 34.6. The van der Waals surface area contributed by atoms with Crippen molar-refractivity contribution in [3.8, 4) is 34.4 Å². The van der Waals surface area contributed by atoms with Gasteiger partial charge in [-0.15, -0.1) is 0 Å². The number of aromatic amines is 2. The number of benzene rings is 4. The van der Waals surface area contributed by atoms with Gasteiger partial charge in [0, 0.05) is 29.8 Å². The predicted octanol–water partition coefficient (Wildman–Crippen LogP) is 7.53. The van der Waals surface area contributed by atoms with E-state index < -0.39 is 36.1 Å². The number of ether oxygens (including phenoxy) is 2. The molecule has 4 heterocycles.